The predicted molar refractivity (Wildman–Crippen MR) is 56.0 cm³/mol. The number of fused-ring (bicyclic) bond motifs is 1. The molecule has 0 spiro atoms. The Bertz CT molecular complexity index is 379. The van der Waals surface area contributed by atoms with Crippen molar-refractivity contribution in [1.29, 1.82) is 0 Å². The summed E-state index contributed by atoms with van der Waals surface area (Å²) in [5.74, 6) is -0.341. The number of carbonyl (C=O) groups is 1. The van der Waals surface area contributed by atoms with Gasteiger partial charge in [0.05, 0.1) is 6.04 Å². The fourth-order valence-electron chi connectivity index (χ4n) is 1.90. The standard InChI is InChI=1S/C11H14N2O2/c1-15-11-8-5-3-2-4-7(8)6-9(13-11)10(12)14/h2-5,9,11,13H,6H2,1H3,(H2,12,14). The molecule has 1 aliphatic heterocycles. The number of benzene rings is 1. The first-order chi connectivity index (χ1) is 7.22. The quantitative estimate of drug-likeness (QED) is 0.733. The summed E-state index contributed by atoms with van der Waals surface area (Å²) < 4.78 is 5.28. The first-order valence-corrected chi connectivity index (χ1v) is 4.88. The molecular formula is C11H14N2O2. The molecule has 0 saturated carbocycles. The highest BCUT2D eigenvalue weighted by Crippen LogP contribution is 2.25. The van der Waals surface area contributed by atoms with Crippen molar-refractivity contribution in [1.82, 2.24) is 5.32 Å². The lowest BCUT2D eigenvalue weighted by atomic mass is 9.94. The van der Waals surface area contributed by atoms with Crippen LogP contribution in [0.15, 0.2) is 24.3 Å². The maximum atomic E-state index is 11.1. The normalized spacial score (nSPS) is 24.6. The summed E-state index contributed by atoms with van der Waals surface area (Å²) in [7, 11) is 1.61. The van der Waals surface area contributed by atoms with Crippen LogP contribution >= 0.6 is 0 Å². The van der Waals surface area contributed by atoms with E-state index in [-0.39, 0.29) is 18.2 Å². The maximum Gasteiger partial charge on any atom is 0.234 e. The van der Waals surface area contributed by atoms with Crippen molar-refractivity contribution < 1.29 is 9.53 Å². The molecule has 0 aliphatic carbocycles. The van der Waals surface area contributed by atoms with E-state index in [1.165, 1.54) is 0 Å². The first kappa shape index (κ1) is 10.1. The van der Waals surface area contributed by atoms with Crippen molar-refractivity contribution in [3.8, 4) is 0 Å². The summed E-state index contributed by atoms with van der Waals surface area (Å²) in [4.78, 5) is 11.1. The summed E-state index contributed by atoms with van der Waals surface area (Å²) in [6.07, 6.45) is 0.387. The van der Waals surface area contributed by atoms with Gasteiger partial charge in [-0.05, 0) is 17.5 Å². The maximum absolute atomic E-state index is 11.1. The minimum Gasteiger partial charge on any atom is -0.368 e. The smallest absolute Gasteiger partial charge is 0.234 e. The van der Waals surface area contributed by atoms with Crippen LogP contribution < -0.4 is 11.1 Å². The van der Waals surface area contributed by atoms with E-state index < -0.39 is 0 Å². The van der Waals surface area contributed by atoms with E-state index in [0.29, 0.717) is 6.42 Å². The van der Waals surface area contributed by atoms with Gasteiger partial charge in [0.15, 0.2) is 0 Å². The van der Waals surface area contributed by atoms with Crippen LogP contribution in [0, 0.1) is 0 Å². The molecule has 0 bridgehead atoms. The highest BCUT2D eigenvalue weighted by atomic mass is 16.5. The fraction of sp³-hybridized carbons (Fsp3) is 0.364. The number of ether oxygens (including phenoxy) is 1. The Morgan fingerprint density at radius 2 is 2.27 bits per heavy atom. The molecule has 0 radical (unpaired) electrons. The third kappa shape index (κ3) is 1.86. The van der Waals surface area contributed by atoms with E-state index in [4.69, 9.17) is 10.5 Å². The van der Waals surface area contributed by atoms with Gasteiger partial charge >= 0.3 is 0 Å². The molecule has 4 heteroatoms. The van der Waals surface area contributed by atoms with E-state index in [1.807, 2.05) is 24.3 Å². The Hall–Kier alpha value is -1.39. The average molecular weight is 206 g/mol. The molecule has 1 heterocycles. The van der Waals surface area contributed by atoms with E-state index >= 15 is 0 Å². The van der Waals surface area contributed by atoms with Gasteiger partial charge in [-0.25, -0.2) is 0 Å². The van der Waals surface area contributed by atoms with Crippen molar-refractivity contribution >= 4 is 5.91 Å². The minimum atomic E-state index is -0.343. The van der Waals surface area contributed by atoms with Crippen molar-refractivity contribution in [3.63, 3.8) is 0 Å². The molecule has 2 rings (SSSR count). The Kier molecular flexibility index (Phi) is 2.70. The largest absolute Gasteiger partial charge is 0.368 e. The number of methoxy groups -OCH3 is 1. The number of nitrogens with two attached hydrogens (primary N) is 1. The Morgan fingerprint density at radius 1 is 1.53 bits per heavy atom. The summed E-state index contributed by atoms with van der Waals surface area (Å²) in [5.41, 5.74) is 7.48. The minimum absolute atomic E-state index is 0.243. The van der Waals surface area contributed by atoms with Crippen molar-refractivity contribution in [2.75, 3.05) is 7.11 Å². The van der Waals surface area contributed by atoms with Crippen LogP contribution in [0.3, 0.4) is 0 Å². The topological polar surface area (TPSA) is 64.3 Å². The molecule has 4 nitrogen and oxygen atoms in total. The molecule has 1 aromatic rings. The molecule has 0 fully saturated rings. The Balaban J connectivity index is 2.34. The van der Waals surface area contributed by atoms with Crippen LogP contribution in [0.4, 0.5) is 0 Å². The zero-order valence-corrected chi connectivity index (χ0v) is 8.57. The molecule has 0 aromatic heterocycles. The number of hydrogen-bond donors (Lipinski definition) is 2. The third-order valence-corrected chi connectivity index (χ3v) is 2.69. The molecule has 2 atom stereocenters. The number of hydrogen-bond acceptors (Lipinski definition) is 3. The van der Waals surface area contributed by atoms with Crippen LogP contribution in [0.5, 0.6) is 0 Å². The molecule has 2 unspecified atom stereocenters. The molecule has 80 valence electrons. The SMILES string of the molecule is COC1NC(C(N)=O)Cc2ccccc21. The highest BCUT2D eigenvalue weighted by Gasteiger charge is 2.28. The van der Waals surface area contributed by atoms with Crippen molar-refractivity contribution in [3.05, 3.63) is 35.4 Å². The van der Waals surface area contributed by atoms with Gasteiger partial charge in [0.25, 0.3) is 0 Å². The summed E-state index contributed by atoms with van der Waals surface area (Å²) in [6.45, 7) is 0. The van der Waals surface area contributed by atoms with Crippen molar-refractivity contribution in [2.45, 2.75) is 18.7 Å². The van der Waals surface area contributed by atoms with E-state index in [0.717, 1.165) is 11.1 Å². The third-order valence-electron chi connectivity index (χ3n) is 2.69. The van der Waals surface area contributed by atoms with Gasteiger partial charge in [-0.1, -0.05) is 24.3 Å². The predicted octanol–water partition coefficient (Wildman–Crippen LogP) is 0.331. The molecule has 1 amide bonds. The lowest BCUT2D eigenvalue weighted by Gasteiger charge is -2.30. The number of rotatable bonds is 2. The molecule has 1 aromatic carbocycles. The van der Waals surface area contributed by atoms with Crippen LogP contribution in [-0.2, 0) is 16.0 Å². The van der Waals surface area contributed by atoms with Gasteiger partial charge in [-0.2, -0.15) is 0 Å². The molecule has 1 aliphatic rings. The number of nitrogens with one attached hydrogen (secondary N) is 1. The van der Waals surface area contributed by atoms with Gasteiger partial charge in [0.1, 0.15) is 6.23 Å². The second kappa shape index (κ2) is 4.00. The number of amides is 1. The Morgan fingerprint density at radius 3 is 2.93 bits per heavy atom. The van der Waals surface area contributed by atoms with E-state index in [2.05, 4.69) is 5.32 Å². The second-order valence-corrected chi connectivity index (χ2v) is 3.64. The van der Waals surface area contributed by atoms with E-state index in [1.54, 1.807) is 7.11 Å². The zero-order valence-electron chi connectivity index (χ0n) is 8.57. The second-order valence-electron chi connectivity index (χ2n) is 3.64. The number of carbonyl (C=O) groups excluding carboxylic acids is 1. The molecule has 3 N–H and O–H groups in total. The van der Waals surface area contributed by atoms with Gasteiger partial charge in [0.2, 0.25) is 5.91 Å². The monoisotopic (exact) mass is 206 g/mol. The summed E-state index contributed by atoms with van der Waals surface area (Å²) >= 11 is 0. The number of primary amides is 1. The van der Waals surface area contributed by atoms with Gasteiger partial charge in [-0.15, -0.1) is 0 Å². The van der Waals surface area contributed by atoms with Crippen molar-refractivity contribution in [2.24, 2.45) is 5.73 Å². The molecule has 0 saturated heterocycles. The molecular weight excluding hydrogens is 192 g/mol. The first-order valence-electron chi connectivity index (χ1n) is 4.88. The summed E-state index contributed by atoms with van der Waals surface area (Å²) in [5, 5.41) is 3.06. The van der Waals surface area contributed by atoms with Gasteiger partial charge in [-0.3, -0.25) is 10.1 Å². The zero-order chi connectivity index (χ0) is 10.8. The van der Waals surface area contributed by atoms with Crippen LogP contribution in [-0.4, -0.2) is 19.1 Å². The Labute approximate surface area is 88.4 Å². The lowest BCUT2D eigenvalue weighted by Crippen LogP contribution is -2.48. The average Bonchev–Trinajstić information content (AvgIpc) is 2.27. The highest BCUT2D eigenvalue weighted by molar-refractivity contribution is 5.80. The van der Waals surface area contributed by atoms with Crippen LogP contribution in [0.2, 0.25) is 0 Å². The van der Waals surface area contributed by atoms with E-state index in [9.17, 15) is 4.79 Å². The lowest BCUT2D eigenvalue weighted by molar-refractivity contribution is -0.121. The molecule has 15 heavy (non-hydrogen) atoms. The summed E-state index contributed by atoms with van der Waals surface area (Å²) in [6, 6.07) is 7.56. The van der Waals surface area contributed by atoms with Crippen LogP contribution in [0.25, 0.3) is 0 Å². The van der Waals surface area contributed by atoms with Gasteiger partial charge < -0.3 is 10.5 Å². The van der Waals surface area contributed by atoms with Gasteiger partial charge in [0, 0.05) is 7.11 Å². The fourth-order valence-corrected chi connectivity index (χ4v) is 1.90. The van der Waals surface area contributed by atoms with Crippen LogP contribution in [0.1, 0.15) is 17.4 Å².